The minimum Gasteiger partial charge on any atom is -0.367 e. The van der Waals surface area contributed by atoms with Gasteiger partial charge in [-0.25, -0.2) is 0 Å². The van der Waals surface area contributed by atoms with Crippen molar-refractivity contribution < 1.29 is 0 Å². The van der Waals surface area contributed by atoms with Crippen LogP contribution in [0.3, 0.4) is 0 Å². The van der Waals surface area contributed by atoms with E-state index < -0.39 is 0 Å². The van der Waals surface area contributed by atoms with E-state index in [0.29, 0.717) is 11.3 Å². The highest BCUT2D eigenvalue weighted by Crippen LogP contribution is 2.34. The lowest BCUT2D eigenvalue weighted by Gasteiger charge is -2.40. The Kier molecular flexibility index (Phi) is 4.62. The Balaban J connectivity index is 2.37. The Morgan fingerprint density at radius 2 is 2.17 bits per heavy atom. The Morgan fingerprint density at radius 1 is 1.44 bits per heavy atom. The predicted octanol–water partition coefficient (Wildman–Crippen LogP) is 3.80. The number of hydrogen-bond donors (Lipinski definition) is 1. The number of thioether (sulfide) groups is 1. The van der Waals surface area contributed by atoms with Crippen molar-refractivity contribution in [1.29, 1.82) is 0 Å². The van der Waals surface area contributed by atoms with Crippen molar-refractivity contribution in [2.45, 2.75) is 38.1 Å². The molecule has 2 nitrogen and oxygen atoms in total. The fourth-order valence-corrected chi connectivity index (χ4v) is 3.90. The van der Waals surface area contributed by atoms with Gasteiger partial charge >= 0.3 is 0 Å². The standard InChI is InChI=1S/C14H21BrN2S/c1-9(16)13-8-12(15)4-5-14(13)17-6-7-18-11(3)10(17)2/h4-5,8-11H,6-7,16H2,1-3H3. The molecule has 0 amide bonds. The molecule has 0 saturated carbocycles. The molecular formula is C14H21BrN2S. The molecule has 1 aromatic rings. The second-order valence-corrected chi connectivity index (χ2v) is 7.40. The van der Waals surface area contributed by atoms with E-state index in [1.54, 1.807) is 0 Å². The van der Waals surface area contributed by atoms with Gasteiger partial charge in [0.15, 0.2) is 0 Å². The van der Waals surface area contributed by atoms with E-state index in [2.05, 4.69) is 71.6 Å². The first-order chi connectivity index (χ1) is 8.50. The molecule has 1 saturated heterocycles. The number of rotatable bonds is 2. The highest BCUT2D eigenvalue weighted by atomic mass is 79.9. The van der Waals surface area contributed by atoms with Gasteiger partial charge in [0, 0.05) is 39.8 Å². The lowest BCUT2D eigenvalue weighted by molar-refractivity contribution is 0.621. The minimum absolute atomic E-state index is 0.0644. The van der Waals surface area contributed by atoms with E-state index in [4.69, 9.17) is 5.73 Å². The zero-order valence-corrected chi connectivity index (χ0v) is 13.6. The summed E-state index contributed by atoms with van der Waals surface area (Å²) in [5.74, 6) is 1.19. The summed E-state index contributed by atoms with van der Waals surface area (Å²) < 4.78 is 1.10. The second kappa shape index (κ2) is 5.85. The summed E-state index contributed by atoms with van der Waals surface area (Å²) in [5.41, 5.74) is 8.65. The van der Waals surface area contributed by atoms with Crippen molar-refractivity contribution in [2.75, 3.05) is 17.2 Å². The summed E-state index contributed by atoms with van der Waals surface area (Å²) in [5, 5.41) is 0.670. The van der Waals surface area contributed by atoms with Gasteiger partial charge in [-0.1, -0.05) is 22.9 Å². The molecule has 0 radical (unpaired) electrons. The molecule has 100 valence electrons. The lowest BCUT2D eigenvalue weighted by Crippen LogP contribution is -2.45. The van der Waals surface area contributed by atoms with Crippen LogP contribution in [-0.2, 0) is 0 Å². The molecule has 0 aromatic heterocycles. The Bertz CT molecular complexity index is 422. The molecule has 4 heteroatoms. The van der Waals surface area contributed by atoms with E-state index in [0.717, 1.165) is 11.0 Å². The van der Waals surface area contributed by atoms with Crippen LogP contribution in [0.15, 0.2) is 22.7 Å². The fraction of sp³-hybridized carbons (Fsp3) is 0.571. The highest BCUT2D eigenvalue weighted by molar-refractivity contribution is 9.10. The third kappa shape index (κ3) is 2.86. The zero-order valence-electron chi connectivity index (χ0n) is 11.2. The first-order valence-electron chi connectivity index (χ1n) is 6.44. The molecule has 3 unspecified atom stereocenters. The fourth-order valence-electron chi connectivity index (χ4n) is 2.42. The smallest absolute Gasteiger partial charge is 0.0418 e. The van der Waals surface area contributed by atoms with Crippen LogP contribution in [0.2, 0.25) is 0 Å². The van der Waals surface area contributed by atoms with E-state index in [-0.39, 0.29) is 6.04 Å². The molecule has 1 fully saturated rings. The summed E-state index contributed by atoms with van der Waals surface area (Å²) in [6.45, 7) is 7.78. The predicted molar refractivity (Wildman–Crippen MR) is 85.5 cm³/mol. The highest BCUT2D eigenvalue weighted by Gasteiger charge is 2.27. The molecule has 1 aromatic carbocycles. The van der Waals surface area contributed by atoms with E-state index >= 15 is 0 Å². The van der Waals surface area contributed by atoms with Gasteiger partial charge in [0.25, 0.3) is 0 Å². The Morgan fingerprint density at radius 3 is 2.83 bits per heavy atom. The van der Waals surface area contributed by atoms with Crippen LogP contribution in [0.5, 0.6) is 0 Å². The molecule has 2 rings (SSSR count). The van der Waals surface area contributed by atoms with E-state index in [1.807, 2.05) is 0 Å². The van der Waals surface area contributed by atoms with E-state index in [1.165, 1.54) is 17.0 Å². The van der Waals surface area contributed by atoms with Gasteiger partial charge < -0.3 is 10.6 Å². The normalized spacial score (nSPS) is 26.2. The SMILES string of the molecule is CC(N)c1cc(Br)ccc1N1CCSC(C)C1C. The monoisotopic (exact) mass is 328 g/mol. The zero-order chi connectivity index (χ0) is 13.3. The van der Waals surface area contributed by atoms with Crippen molar-refractivity contribution in [3.63, 3.8) is 0 Å². The van der Waals surface area contributed by atoms with Crippen LogP contribution in [-0.4, -0.2) is 23.6 Å². The van der Waals surface area contributed by atoms with Gasteiger partial charge in [-0.3, -0.25) is 0 Å². The number of benzene rings is 1. The van der Waals surface area contributed by atoms with Gasteiger partial charge in [0.05, 0.1) is 0 Å². The van der Waals surface area contributed by atoms with Crippen LogP contribution < -0.4 is 10.6 Å². The van der Waals surface area contributed by atoms with Crippen LogP contribution in [0.4, 0.5) is 5.69 Å². The quantitative estimate of drug-likeness (QED) is 0.895. The molecule has 0 aliphatic carbocycles. The van der Waals surface area contributed by atoms with Gasteiger partial charge in [-0.15, -0.1) is 0 Å². The third-order valence-corrected chi connectivity index (χ3v) is 5.50. The summed E-state index contributed by atoms with van der Waals surface area (Å²) in [7, 11) is 0. The first kappa shape index (κ1) is 14.2. The number of halogens is 1. The minimum atomic E-state index is 0.0644. The first-order valence-corrected chi connectivity index (χ1v) is 8.28. The number of hydrogen-bond acceptors (Lipinski definition) is 3. The Hall–Kier alpha value is -0.190. The second-order valence-electron chi connectivity index (χ2n) is 5.00. The largest absolute Gasteiger partial charge is 0.367 e. The lowest BCUT2D eigenvalue weighted by atomic mass is 10.0. The van der Waals surface area contributed by atoms with Crippen LogP contribution in [0, 0.1) is 0 Å². The van der Waals surface area contributed by atoms with Gasteiger partial charge in [0.1, 0.15) is 0 Å². The summed E-state index contributed by atoms with van der Waals surface area (Å²) >= 11 is 5.60. The maximum absolute atomic E-state index is 6.12. The molecule has 1 heterocycles. The van der Waals surface area contributed by atoms with Crippen molar-refractivity contribution in [3.05, 3.63) is 28.2 Å². The molecule has 3 atom stereocenters. The Labute approximate surface area is 122 Å². The van der Waals surface area contributed by atoms with Gasteiger partial charge in [-0.05, 0) is 37.6 Å². The van der Waals surface area contributed by atoms with Crippen molar-refractivity contribution in [3.8, 4) is 0 Å². The van der Waals surface area contributed by atoms with Crippen LogP contribution >= 0.6 is 27.7 Å². The van der Waals surface area contributed by atoms with Crippen molar-refractivity contribution >= 4 is 33.4 Å². The molecule has 0 bridgehead atoms. The van der Waals surface area contributed by atoms with E-state index in [9.17, 15) is 0 Å². The molecular weight excluding hydrogens is 308 g/mol. The molecule has 1 aliphatic heterocycles. The maximum Gasteiger partial charge on any atom is 0.0418 e. The number of anilines is 1. The molecule has 0 spiro atoms. The summed E-state index contributed by atoms with van der Waals surface area (Å²) in [6, 6.07) is 7.08. The molecule has 1 aliphatic rings. The van der Waals surface area contributed by atoms with Gasteiger partial charge in [0.2, 0.25) is 0 Å². The summed E-state index contributed by atoms with van der Waals surface area (Å²) in [6.07, 6.45) is 0. The number of nitrogens with two attached hydrogens (primary N) is 1. The maximum atomic E-state index is 6.12. The molecule has 2 N–H and O–H groups in total. The third-order valence-electron chi connectivity index (χ3n) is 3.67. The topological polar surface area (TPSA) is 29.3 Å². The number of nitrogens with zero attached hydrogens (tertiary/aromatic N) is 1. The van der Waals surface area contributed by atoms with Crippen LogP contribution in [0.25, 0.3) is 0 Å². The summed E-state index contributed by atoms with van der Waals surface area (Å²) in [4.78, 5) is 2.51. The average molecular weight is 329 g/mol. The van der Waals surface area contributed by atoms with Crippen LogP contribution in [0.1, 0.15) is 32.4 Å². The van der Waals surface area contributed by atoms with Crippen molar-refractivity contribution in [2.24, 2.45) is 5.73 Å². The van der Waals surface area contributed by atoms with Crippen molar-refractivity contribution in [1.82, 2.24) is 0 Å². The average Bonchev–Trinajstić information content (AvgIpc) is 2.33. The molecule has 18 heavy (non-hydrogen) atoms. The van der Waals surface area contributed by atoms with Gasteiger partial charge in [-0.2, -0.15) is 11.8 Å².